The largest absolute Gasteiger partial charge is 0.425 e. The van der Waals surface area contributed by atoms with Crippen LogP contribution in [0.2, 0.25) is 0 Å². The Hall–Kier alpha value is -0.370. The number of alkyl halides is 2. The van der Waals surface area contributed by atoms with Gasteiger partial charge in [0.1, 0.15) is 0 Å². The highest BCUT2D eigenvalue weighted by molar-refractivity contribution is 7.54. The number of carbonyl (C=O) groups is 2. The van der Waals surface area contributed by atoms with Crippen molar-refractivity contribution >= 4 is 42.8 Å². The molecule has 0 radical (unpaired) electrons. The second kappa shape index (κ2) is 12.1. The third-order valence-corrected chi connectivity index (χ3v) is 5.14. The number of esters is 2. The first-order valence-electron chi connectivity index (χ1n) is 6.94. The molecule has 0 rings (SSSR count). The van der Waals surface area contributed by atoms with Crippen LogP contribution >= 0.6 is 30.9 Å². The van der Waals surface area contributed by atoms with E-state index in [4.69, 9.17) is 37.2 Å². The zero-order chi connectivity index (χ0) is 17.9. The van der Waals surface area contributed by atoms with Crippen LogP contribution in [0.25, 0.3) is 0 Å². The smallest absolute Gasteiger partial charge is 0.343 e. The number of rotatable bonds is 12. The van der Waals surface area contributed by atoms with Crippen molar-refractivity contribution in [2.45, 2.75) is 26.6 Å². The topological polar surface area (TPSA) is 94.2 Å². The van der Waals surface area contributed by atoms with Crippen molar-refractivity contribution in [3.05, 3.63) is 0 Å². The van der Waals surface area contributed by atoms with Crippen molar-refractivity contribution < 1.29 is 28.2 Å². The van der Waals surface area contributed by atoms with Gasteiger partial charge in [0.05, 0.1) is 6.61 Å². The van der Waals surface area contributed by atoms with Gasteiger partial charge in [-0.15, -0.1) is 23.2 Å². The monoisotopic (exact) mass is 392 g/mol. The molecule has 0 aliphatic heterocycles. The molecule has 0 amide bonds. The molecule has 0 saturated heterocycles. The Balaban J connectivity index is 4.69. The first-order chi connectivity index (χ1) is 10.8. The highest BCUT2D eigenvalue weighted by Crippen LogP contribution is 2.45. The quantitative estimate of drug-likeness (QED) is 0.233. The van der Waals surface area contributed by atoms with Crippen LogP contribution in [0, 0.1) is 0 Å². The molecule has 23 heavy (non-hydrogen) atoms. The van der Waals surface area contributed by atoms with Gasteiger partial charge < -0.3 is 14.0 Å². The van der Waals surface area contributed by atoms with Gasteiger partial charge >= 0.3 is 19.6 Å². The zero-order valence-corrected chi connectivity index (χ0v) is 15.8. The molecule has 0 heterocycles. The summed E-state index contributed by atoms with van der Waals surface area (Å²) in [6.07, 6.45) is -1.05. The molecule has 0 aliphatic carbocycles. The number of nitrogens with one attached hydrogen (secondary N) is 1. The highest BCUT2D eigenvalue weighted by Gasteiger charge is 2.30. The number of hydrogen-bond donors (Lipinski definition) is 1. The second-order valence-electron chi connectivity index (χ2n) is 4.35. The molecule has 0 spiro atoms. The van der Waals surface area contributed by atoms with Crippen molar-refractivity contribution in [2.75, 3.05) is 38.5 Å². The van der Waals surface area contributed by atoms with E-state index in [0.717, 1.165) is 0 Å². The van der Waals surface area contributed by atoms with Gasteiger partial charge in [-0.25, -0.2) is 9.76 Å². The molecule has 1 unspecified atom stereocenters. The van der Waals surface area contributed by atoms with Gasteiger partial charge in [-0.2, -0.15) is 0 Å². The van der Waals surface area contributed by atoms with E-state index >= 15 is 0 Å². The number of halogens is 2. The Morgan fingerprint density at radius 1 is 1.13 bits per heavy atom. The third-order valence-electron chi connectivity index (χ3n) is 2.55. The van der Waals surface area contributed by atoms with Crippen LogP contribution in [0.3, 0.4) is 0 Å². The van der Waals surface area contributed by atoms with Gasteiger partial charge in [0, 0.05) is 45.1 Å². The highest BCUT2D eigenvalue weighted by atomic mass is 35.5. The van der Waals surface area contributed by atoms with E-state index in [-0.39, 0.29) is 24.8 Å². The van der Waals surface area contributed by atoms with Crippen LogP contribution in [0.1, 0.15) is 20.3 Å². The summed E-state index contributed by atoms with van der Waals surface area (Å²) in [5.74, 6) is -0.678. The van der Waals surface area contributed by atoms with E-state index in [0.29, 0.717) is 13.1 Å². The molecular formula is C12H23Cl2N2O6P. The van der Waals surface area contributed by atoms with Crippen molar-refractivity contribution in [3.63, 3.8) is 0 Å². The SMILES string of the molecule is CNP(=O)(OCCC(OC(C)=O)OC(C)=O)N(CCCl)CCCl. The lowest BCUT2D eigenvalue weighted by Crippen LogP contribution is -2.32. The molecule has 0 aliphatic rings. The Morgan fingerprint density at radius 2 is 1.61 bits per heavy atom. The van der Waals surface area contributed by atoms with E-state index in [1.807, 2.05) is 0 Å². The minimum Gasteiger partial charge on any atom is -0.425 e. The van der Waals surface area contributed by atoms with Crippen LogP contribution in [0.15, 0.2) is 0 Å². The predicted octanol–water partition coefficient (Wildman–Crippen LogP) is 1.95. The molecule has 136 valence electrons. The summed E-state index contributed by atoms with van der Waals surface area (Å²) in [5, 5.41) is 2.63. The summed E-state index contributed by atoms with van der Waals surface area (Å²) in [4.78, 5) is 21.9. The summed E-state index contributed by atoms with van der Waals surface area (Å²) in [6.45, 7) is 2.97. The van der Waals surface area contributed by atoms with Crippen LogP contribution in [-0.2, 0) is 28.2 Å². The van der Waals surface area contributed by atoms with E-state index in [9.17, 15) is 14.2 Å². The van der Waals surface area contributed by atoms with Crippen LogP contribution < -0.4 is 5.09 Å². The maximum Gasteiger partial charge on any atom is 0.343 e. The number of ether oxygens (including phenoxy) is 2. The predicted molar refractivity (Wildman–Crippen MR) is 87.6 cm³/mol. The lowest BCUT2D eigenvalue weighted by Gasteiger charge is -2.29. The van der Waals surface area contributed by atoms with Gasteiger partial charge in [-0.1, -0.05) is 0 Å². The number of nitrogens with zero attached hydrogens (tertiary/aromatic N) is 1. The first kappa shape index (κ1) is 22.6. The maximum atomic E-state index is 12.7. The second-order valence-corrected chi connectivity index (χ2v) is 7.41. The van der Waals surface area contributed by atoms with E-state index in [1.54, 1.807) is 0 Å². The molecule has 0 aromatic heterocycles. The van der Waals surface area contributed by atoms with Gasteiger partial charge in [-0.05, 0) is 7.05 Å². The Morgan fingerprint density at radius 3 is 1.96 bits per heavy atom. The Kier molecular flexibility index (Phi) is 11.9. The Labute approximate surface area is 146 Å². The summed E-state index contributed by atoms with van der Waals surface area (Å²) >= 11 is 11.4. The molecule has 0 saturated carbocycles. The summed E-state index contributed by atoms with van der Waals surface area (Å²) in [5.41, 5.74) is 0. The molecule has 1 atom stereocenters. The lowest BCUT2D eigenvalue weighted by molar-refractivity contribution is -0.186. The first-order valence-corrected chi connectivity index (χ1v) is 9.59. The van der Waals surface area contributed by atoms with Crippen LogP contribution in [0.5, 0.6) is 0 Å². The molecule has 0 aromatic rings. The number of carbonyl (C=O) groups excluding carboxylic acids is 2. The number of hydrogen-bond acceptors (Lipinski definition) is 6. The van der Waals surface area contributed by atoms with E-state index in [2.05, 4.69) is 5.09 Å². The minimum atomic E-state index is -3.33. The normalized spacial score (nSPS) is 13.9. The third kappa shape index (κ3) is 9.49. The standard InChI is InChI=1S/C12H23Cl2N2O6P/c1-10(17)21-12(22-11(2)18)4-9-20-23(19,15-3)16(7-5-13)8-6-14/h12H,4-9H2,1-3H3,(H,15,19). The van der Waals surface area contributed by atoms with Crippen molar-refractivity contribution in [1.29, 1.82) is 0 Å². The van der Waals surface area contributed by atoms with Gasteiger partial charge in [0.2, 0.25) is 6.29 Å². The summed E-state index contributed by atoms with van der Waals surface area (Å²) in [6, 6.07) is 0. The van der Waals surface area contributed by atoms with E-state index in [1.165, 1.54) is 25.6 Å². The fourth-order valence-electron chi connectivity index (χ4n) is 1.64. The molecule has 8 nitrogen and oxygen atoms in total. The minimum absolute atomic E-state index is 0.0421. The average molecular weight is 393 g/mol. The molecule has 1 N–H and O–H groups in total. The van der Waals surface area contributed by atoms with Crippen molar-refractivity contribution in [2.24, 2.45) is 0 Å². The zero-order valence-electron chi connectivity index (χ0n) is 13.4. The van der Waals surface area contributed by atoms with E-state index < -0.39 is 25.9 Å². The van der Waals surface area contributed by atoms with Crippen LogP contribution in [0.4, 0.5) is 0 Å². The van der Waals surface area contributed by atoms with Gasteiger partial charge in [0.15, 0.2) is 0 Å². The molecule has 11 heteroatoms. The van der Waals surface area contributed by atoms with Gasteiger partial charge in [0.25, 0.3) is 0 Å². The summed E-state index contributed by atoms with van der Waals surface area (Å²) in [7, 11) is -1.84. The fourth-order valence-corrected chi connectivity index (χ4v) is 3.94. The average Bonchev–Trinajstić information content (AvgIpc) is 2.45. The van der Waals surface area contributed by atoms with Crippen LogP contribution in [-0.4, -0.2) is 61.4 Å². The van der Waals surface area contributed by atoms with Crippen molar-refractivity contribution in [3.8, 4) is 0 Å². The molecule has 0 bridgehead atoms. The molecular weight excluding hydrogens is 370 g/mol. The molecule has 0 fully saturated rings. The Bertz CT molecular complexity index is 404. The summed E-state index contributed by atoms with van der Waals surface area (Å²) < 4.78 is 29.3. The lowest BCUT2D eigenvalue weighted by atomic mass is 10.4. The molecule has 0 aromatic carbocycles. The maximum absolute atomic E-state index is 12.7. The van der Waals surface area contributed by atoms with Crippen molar-refractivity contribution in [1.82, 2.24) is 9.76 Å². The van der Waals surface area contributed by atoms with Gasteiger partial charge in [-0.3, -0.25) is 14.2 Å². The fraction of sp³-hybridized carbons (Fsp3) is 0.833.